The van der Waals surface area contributed by atoms with Crippen LogP contribution in [-0.2, 0) is 4.74 Å². The van der Waals surface area contributed by atoms with Gasteiger partial charge < -0.3 is 10.1 Å². The van der Waals surface area contributed by atoms with E-state index in [1.807, 2.05) is 18.8 Å². The molecule has 1 N–H and O–H groups in total. The molecular weight excluding hydrogens is 310 g/mol. The fourth-order valence-corrected chi connectivity index (χ4v) is 3.80. The fourth-order valence-electron chi connectivity index (χ4n) is 2.02. The van der Waals surface area contributed by atoms with Crippen LogP contribution in [-0.4, -0.2) is 25.5 Å². The first-order chi connectivity index (χ1) is 8.70. The third-order valence-electron chi connectivity index (χ3n) is 3.35. The second-order valence-corrected chi connectivity index (χ2v) is 6.83. The summed E-state index contributed by atoms with van der Waals surface area (Å²) in [5.41, 5.74) is 1.32. The van der Waals surface area contributed by atoms with E-state index in [2.05, 4.69) is 46.4 Å². The quantitative estimate of drug-likeness (QED) is 0.902. The summed E-state index contributed by atoms with van der Waals surface area (Å²) in [5.74, 6) is 0. The third-order valence-corrected chi connectivity index (χ3v) is 5.68. The molecule has 100 valence electrons. The minimum atomic E-state index is 0.392. The SMILES string of the molecule is CNC(C)c1ccc(SC2CCOCC2)c(Br)c1. The van der Waals surface area contributed by atoms with Crippen LogP contribution in [0.4, 0.5) is 0 Å². The molecular formula is C14H20BrNOS. The summed E-state index contributed by atoms with van der Waals surface area (Å²) in [5, 5.41) is 3.96. The summed E-state index contributed by atoms with van der Waals surface area (Å²) in [4.78, 5) is 1.34. The van der Waals surface area contributed by atoms with Crippen LogP contribution in [0.1, 0.15) is 31.4 Å². The number of nitrogens with one attached hydrogen (secondary N) is 1. The summed E-state index contributed by atoms with van der Waals surface area (Å²) < 4.78 is 6.61. The molecule has 1 aromatic carbocycles. The lowest BCUT2D eigenvalue weighted by atomic mass is 10.1. The number of benzene rings is 1. The number of hydrogen-bond acceptors (Lipinski definition) is 3. The summed E-state index contributed by atoms with van der Waals surface area (Å²) in [7, 11) is 1.99. The number of thioether (sulfide) groups is 1. The smallest absolute Gasteiger partial charge is 0.0476 e. The van der Waals surface area contributed by atoms with Crippen LogP contribution in [0.2, 0.25) is 0 Å². The van der Waals surface area contributed by atoms with Gasteiger partial charge >= 0.3 is 0 Å². The Morgan fingerprint density at radius 3 is 2.72 bits per heavy atom. The van der Waals surface area contributed by atoms with Crippen molar-refractivity contribution in [1.82, 2.24) is 5.32 Å². The minimum Gasteiger partial charge on any atom is -0.381 e. The monoisotopic (exact) mass is 329 g/mol. The molecule has 0 saturated carbocycles. The van der Waals surface area contributed by atoms with E-state index in [0.717, 1.165) is 26.1 Å². The summed E-state index contributed by atoms with van der Waals surface area (Å²) in [6.45, 7) is 3.99. The molecule has 0 amide bonds. The number of ether oxygens (including phenoxy) is 1. The highest BCUT2D eigenvalue weighted by atomic mass is 79.9. The molecule has 1 aliphatic heterocycles. The van der Waals surface area contributed by atoms with Gasteiger partial charge in [-0.2, -0.15) is 0 Å². The van der Waals surface area contributed by atoms with Gasteiger partial charge in [-0.25, -0.2) is 0 Å². The molecule has 0 aromatic heterocycles. The van der Waals surface area contributed by atoms with Crippen molar-refractivity contribution in [1.29, 1.82) is 0 Å². The van der Waals surface area contributed by atoms with E-state index in [9.17, 15) is 0 Å². The maximum atomic E-state index is 5.40. The van der Waals surface area contributed by atoms with E-state index in [0.29, 0.717) is 11.3 Å². The highest BCUT2D eigenvalue weighted by molar-refractivity contribution is 9.10. The summed E-state index contributed by atoms with van der Waals surface area (Å²) in [6.07, 6.45) is 2.32. The lowest BCUT2D eigenvalue weighted by Gasteiger charge is -2.22. The second kappa shape index (κ2) is 6.94. The zero-order valence-electron chi connectivity index (χ0n) is 10.9. The van der Waals surface area contributed by atoms with Gasteiger partial charge in [-0.1, -0.05) is 6.07 Å². The molecule has 0 aliphatic carbocycles. The molecule has 1 aliphatic rings. The minimum absolute atomic E-state index is 0.392. The van der Waals surface area contributed by atoms with E-state index >= 15 is 0 Å². The topological polar surface area (TPSA) is 21.3 Å². The van der Waals surface area contributed by atoms with Gasteiger partial charge in [-0.3, -0.25) is 0 Å². The van der Waals surface area contributed by atoms with Gasteiger partial charge in [0.15, 0.2) is 0 Å². The predicted molar refractivity (Wildman–Crippen MR) is 81.3 cm³/mol. The molecule has 1 heterocycles. The van der Waals surface area contributed by atoms with Crippen LogP contribution >= 0.6 is 27.7 Å². The fraction of sp³-hybridized carbons (Fsp3) is 0.571. The van der Waals surface area contributed by atoms with Crippen molar-refractivity contribution < 1.29 is 4.74 Å². The third kappa shape index (κ3) is 3.73. The highest BCUT2D eigenvalue weighted by Crippen LogP contribution is 2.35. The lowest BCUT2D eigenvalue weighted by Crippen LogP contribution is -2.17. The number of rotatable bonds is 4. The first-order valence-corrected chi connectivity index (χ1v) is 8.09. The van der Waals surface area contributed by atoms with Crippen molar-refractivity contribution in [2.24, 2.45) is 0 Å². The van der Waals surface area contributed by atoms with Crippen molar-refractivity contribution >= 4 is 27.7 Å². The largest absolute Gasteiger partial charge is 0.381 e. The predicted octanol–water partition coefficient (Wildman–Crippen LogP) is 4.00. The van der Waals surface area contributed by atoms with E-state index in [-0.39, 0.29) is 0 Å². The molecule has 1 unspecified atom stereocenters. The zero-order valence-corrected chi connectivity index (χ0v) is 13.3. The molecule has 1 atom stereocenters. The Morgan fingerprint density at radius 2 is 2.11 bits per heavy atom. The summed E-state index contributed by atoms with van der Waals surface area (Å²) in [6, 6.07) is 7.06. The molecule has 0 bridgehead atoms. The van der Waals surface area contributed by atoms with E-state index < -0.39 is 0 Å². The Kier molecular flexibility index (Phi) is 5.55. The van der Waals surface area contributed by atoms with Crippen LogP contribution in [0.15, 0.2) is 27.6 Å². The van der Waals surface area contributed by atoms with Crippen LogP contribution in [0.5, 0.6) is 0 Å². The average molecular weight is 330 g/mol. The Hall–Kier alpha value is -0.0300. The van der Waals surface area contributed by atoms with E-state index in [1.54, 1.807) is 0 Å². The Morgan fingerprint density at radius 1 is 1.39 bits per heavy atom. The van der Waals surface area contributed by atoms with Crippen molar-refractivity contribution in [3.05, 3.63) is 28.2 Å². The Balaban J connectivity index is 2.04. The first kappa shape index (κ1) is 14.4. The van der Waals surface area contributed by atoms with Gasteiger partial charge in [0.25, 0.3) is 0 Å². The molecule has 1 aromatic rings. The van der Waals surface area contributed by atoms with Gasteiger partial charge in [0.2, 0.25) is 0 Å². The van der Waals surface area contributed by atoms with Crippen LogP contribution in [0.25, 0.3) is 0 Å². The van der Waals surface area contributed by atoms with Crippen molar-refractivity contribution in [2.75, 3.05) is 20.3 Å². The Bertz CT molecular complexity index is 393. The first-order valence-electron chi connectivity index (χ1n) is 6.42. The molecule has 1 fully saturated rings. The highest BCUT2D eigenvalue weighted by Gasteiger charge is 2.16. The lowest BCUT2D eigenvalue weighted by molar-refractivity contribution is 0.100. The van der Waals surface area contributed by atoms with Crippen LogP contribution in [0.3, 0.4) is 0 Å². The molecule has 0 radical (unpaired) electrons. The maximum absolute atomic E-state index is 5.40. The normalized spacial score (nSPS) is 18.8. The average Bonchev–Trinajstić information content (AvgIpc) is 2.41. The van der Waals surface area contributed by atoms with Gasteiger partial charge in [-0.15, -0.1) is 11.8 Å². The molecule has 18 heavy (non-hydrogen) atoms. The zero-order chi connectivity index (χ0) is 13.0. The number of hydrogen-bond donors (Lipinski definition) is 1. The molecule has 2 rings (SSSR count). The van der Waals surface area contributed by atoms with Crippen molar-refractivity contribution in [3.63, 3.8) is 0 Å². The van der Waals surface area contributed by atoms with Crippen LogP contribution in [0, 0.1) is 0 Å². The Labute approximate surface area is 122 Å². The maximum Gasteiger partial charge on any atom is 0.0476 e. The van der Waals surface area contributed by atoms with Crippen molar-refractivity contribution in [2.45, 2.75) is 36.0 Å². The molecule has 4 heteroatoms. The van der Waals surface area contributed by atoms with Gasteiger partial charge in [0, 0.05) is 33.9 Å². The van der Waals surface area contributed by atoms with Gasteiger partial charge in [0.05, 0.1) is 0 Å². The molecule has 0 spiro atoms. The molecule has 2 nitrogen and oxygen atoms in total. The van der Waals surface area contributed by atoms with Crippen molar-refractivity contribution in [3.8, 4) is 0 Å². The van der Waals surface area contributed by atoms with E-state index in [4.69, 9.17) is 4.74 Å². The number of halogens is 1. The van der Waals surface area contributed by atoms with Gasteiger partial charge in [-0.05, 0) is 60.4 Å². The second-order valence-electron chi connectivity index (χ2n) is 4.63. The van der Waals surface area contributed by atoms with E-state index in [1.165, 1.54) is 14.9 Å². The summed E-state index contributed by atoms with van der Waals surface area (Å²) >= 11 is 5.66. The van der Waals surface area contributed by atoms with Gasteiger partial charge in [0.1, 0.15) is 0 Å². The van der Waals surface area contributed by atoms with Crippen LogP contribution < -0.4 is 5.32 Å². The molecule has 1 saturated heterocycles. The standard InChI is InChI=1S/C14H20BrNOS/c1-10(16-2)11-3-4-14(13(15)9-11)18-12-5-7-17-8-6-12/h3-4,9-10,12,16H,5-8H2,1-2H3.